The van der Waals surface area contributed by atoms with Crippen molar-refractivity contribution >= 4 is 15.7 Å². The van der Waals surface area contributed by atoms with Crippen LogP contribution in [0.25, 0.3) is 11.5 Å². The van der Waals surface area contributed by atoms with E-state index < -0.39 is 10.0 Å². The molecule has 140 valence electrons. The summed E-state index contributed by atoms with van der Waals surface area (Å²) in [6.45, 7) is 4.07. The molecule has 0 saturated heterocycles. The number of fused-ring (bicyclic) bond motifs is 1. The Labute approximate surface area is 156 Å². The SMILES string of the molecule is CC(C)c1cccc(S(=O)(=O)Nc2cc3c(cc2-c2ncno2)OCO3)c1. The molecule has 0 saturated carbocycles. The topological polar surface area (TPSA) is 104 Å². The summed E-state index contributed by atoms with van der Waals surface area (Å²) in [6, 6.07) is 9.99. The van der Waals surface area contributed by atoms with E-state index >= 15 is 0 Å². The monoisotopic (exact) mass is 387 g/mol. The van der Waals surface area contributed by atoms with Crippen LogP contribution in [0.15, 0.2) is 52.1 Å². The molecule has 0 atom stereocenters. The van der Waals surface area contributed by atoms with Gasteiger partial charge in [-0.2, -0.15) is 4.98 Å². The summed E-state index contributed by atoms with van der Waals surface area (Å²) < 4.78 is 44.3. The fraction of sp³-hybridized carbons (Fsp3) is 0.222. The van der Waals surface area contributed by atoms with Crippen LogP contribution in [0.5, 0.6) is 11.5 Å². The van der Waals surface area contributed by atoms with E-state index in [-0.39, 0.29) is 29.2 Å². The van der Waals surface area contributed by atoms with Crippen molar-refractivity contribution in [3.63, 3.8) is 0 Å². The molecule has 0 radical (unpaired) electrons. The van der Waals surface area contributed by atoms with Crippen molar-refractivity contribution in [2.45, 2.75) is 24.7 Å². The number of hydrogen-bond acceptors (Lipinski definition) is 7. The van der Waals surface area contributed by atoms with Crippen molar-refractivity contribution in [3.8, 4) is 23.0 Å². The van der Waals surface area contributed by atoms with E-state index in [1.165, 1.54) is 6.33 Å². The average molecular weight is 387 g/mol. The first-order chi connectivity index (χ1) is 12.9. The van der Waals surface area contributed by atoms with E-state index in [9.17, 15) is 8.42 Å². The Kier molecular flexibility index (Phi) is 4.23. The maximum Gasteiger partial charge on any atom is 0.261 e. The number of nitrogens with one attached hydrogen (secondary N) is 1. The molecule has 0 bridgehead atoms. The van der Waals surface area contributed by atoms with Gasteiger partial charge in [-0.1, -0.05) is 31.1 Å². The number of anilines is 1. The maximum absolute atomic E-state index is 12.9. The van der Waals surface area contributed by atoms with Gasteiger partial charge in [0, 0.05) is 6.07 Å². The second kappa shape index (κ2) is 6.58. The number of nitrogens with zero attached hydrogens (tertiary/aromatic N) is 2. The summed E-state index contributed by atoms with van der Waals surface area (Å²) in [5, 5.41) is 3.58. The van der Waals surface area contributed by atoms with Crippen molar-refractivity contribution in [2.24, 2.45) is 0 Å². The van der Waals surface area contributed by atoms with Crippen LogP contribution in [-0.2, 0) is 10.0 Å². The zero-order valence-electron chi connectivity index (χ0n) is 14.7. The zero-order chi connectivity index (χ0) is 19.0. The van der Waals surface area contributed by atoms with Crippen LogP contribution in [-0.4, -0.2) is 25.4 Å². The molecule has 1 N–H and O–H groups in total. The third kappa shape index (κ3) is 3.33. The summed E-state index contributed by atoms with van der Waals surface area (Å²) >= 11 is 0. The average Bonchev–Trinajstić information content (AvgIpc) is 3.32. The summed E-state index contributed by atoms with van der Waals surface area (Å²) in [4.78, 5) is 4.17. The Balaban J connectivity index is 1.77. The van der Waals surface area contributed by atoms with Gasteiger partial charge in [-0.05, 0) is 29.7 Å². The summed E-state index contributed by atoms with van der Waals surface area (Å²) in [7, 11) is -3.84. The third-order valence-corrected chi connectivity index (χ3v) is 5.55. The number of sulfonamides is 1. The predicted octanol–water partition coefficient (Wildman–Crippen LogP) is 3.39. The number of aromatic nitrogens is 2. The zero-order valence-corrected chi connectivity index (χ0v) is 15.5. The predicted molar refractivity (Wildman–Crippen MR) is 97.2 cm³/mol. The van der Waals surface area contributed by atoms with Crippen LogP contribution in [0.2, 0.25) is 0 Å². The van der Waals surface area contributed by atoms with Crippen LogP contribution in [0.1, 0.15) is 25.3 Å². The standard InChI is InChI=1S/C18H17N3O5S/c1-11(2)12-4-3-5-13(6-12)27(22,23)21-15-8-17-16(24-10-25-17)7-14(15)18-19-9-20-26-18/h3-9,11,21H,10H2,1-2H3. The van der Waals surface area contributed by atoms with Gasteiger partial charge in [-0.15, -0.1) is 0 Å². The number of rotatable bonds is 5. The maximum atomic E-state index is 12.9. The molecule has 0 amide bonds. The normalized spacial score (nSPS) is 13.1. The van der Waals surface area contributed by atoms with Crippen molar-refractivity contribution in [3.05, 3.63) is 48.3 Å². The van der Waals surface area contributed by atoms with E-state index in [4.69, 9.17) is 14.0 Å². The van der Waals surface area contributed by atoms with Gasteiger partial charge in [0.25, 0.3) is 15.9 Å². The molecule has 27 heavy (non-hydrogen) atoms. The van der Waals surface area contributed by atoms with Gasteiger partial charge in [-0.3, -0.25) is 4.72 Å². The Hall–Kier alpha value is -3.07. The lowest BCUT2D eigenvalue weighted by molar-refractivity contribution is 0.174. The highest BCUT2D eigenvalue weighted by Gasteiger charge is 2.24. The molecule has 1 aliphatic rings. The Morgan fingerprint density at radius 3 is 2.59 bits per heavy atom. The lowest BCUT2D eigenvalue weighted by Crippen LogP contribution is -2.14. The van der Waals surface area contributed by atoms with Crippen molar-refractivity contribution < 1.29 is 22.4 Å². The summed E-state index contributed by atoms with van der Waals surface area (Å²) in [5.74, 6) is 1.29. The van der Waals surface area contributed by atoms with Gasteiger partial charge in [0.1, 0.15) is 0 Å². The molecule has 2 aromatic carbocycles. The second-order valence-corrected chi connectivity index (χ2v) is 8.01. The van der Waals surface area contributed by atoms with Crippen molar-refractivity contribution in [2.75, 3.05) is 11.5 Å². The van der Waals surface area contributed by atoms with Gasteiger partial charge in [0.15, 0.2) is 17.8 Å². The second-order valence-electron chi connectivity index (χ2n) is 6.33. The highest BCUT2D eigenvalue weighted by Crippen LogP contribution is 2.41. The molecule has 1 aromatic heterocycles. The molecule has 0 spiro atoms. The minimum atomic E-state index is -3.84. The van der Waals surface area contributed by atoms with Crippen molar-refractivity contribution in [1.82, 2.24) is 10.1 Å². The smallest absolute Gasteiger partial charge is 0.261 e. The Bertz CT molecular complexity index is 1080. The van der Waals surface area contributed by atoms with Gasteiger partial charge >= 0.3 is 0 Å². The molecule has 0 fully saturated rings. The molecule has 3 aromatic rings. The van der Waals surface area contributed by atoms with E-state index in [2.05, 4.69) is 14.9 Å². The Morgan fingerprint density at radius 1 is 1.11 bits per heavy atom. The van der Waals surface area contributed by atoms with Gasteiger partial charge in [0.2, 0.25) is 6.79 Å². The van der Waals surface area contributed by atoms with Gasteiger partial charge in [-0.25, -0.2) is 8.42 Å². The molecular formula is C18H17N3O5S. The molecule has 9 heteroatoms. The van der Waals surface area contributed by atoms with Crippen LogP contribution in [0, 0.1) is 0 Å². The fourth-order valence-corrected chi connectivity index (χ4v) is 3.86. The van der Waals surface area contributed by atoms with E-state index in [0.29, 0.717) is 17.1 Å². The largest absolute Gasteiger partial charge is 0.454 e. The highest BCUT2D eigenvalue weighted by atomic mass is 32.2. The summed E-state index contributed by atoms with van der Waals surface area (Å²) in [5.41, 5.74) is 1.60. The molecular weight excluding hydrogens is 370 g/mol. The van der Waals surface area contributed by atoms with E-state index in [1.54, 1.807) is 30.3 Å². The Morgan fingerprint density at radius 2 is 1.89 bits per heavy atom. The molecule has 1 aliphatic heterocycles. The highest BCUT2D eigenvalue weighted by molar-refractivity contribution is 7.92. The minimum absolute atomic E-state index is 0.0608. The first kappa shape index (κ1) is 17.3. The molecule has 0 aliphatic carbocycles. The van der Waals surface area contributed by atoms with E-state index in [0.717, 1.165) is 5.56 Å². The fourth-order valence-electron chi connectivity index (χ4n) is 2.74. The lowest BCUT2D eigenvalue weighted by atomic mass is 10.0. The van der Waals surface area contributed by atoms with Crippen LogP contribution >= 0.6 is 0 Å². The van der Waals surface area contributed by atoms with Crippen LogP contribution in [0.4, 0.5) is 5.69 Å². The van der Waals surface area contributed by atoms with Crippen LogP contribution in [0.3, 0.4) is 0 Å². The number of ether oxygens (including phenoxy) is 2. The molecule has 2 heterocycles. The van der Waals surface area contributed by atoms with Crippen molar-refractivity contribution in [1.29, 1.82) is 0 Å². The number of hydrogen-bond donors (Lipinski definition) is 1. The summed E-state index contributed by atoms with van der Waals surface area (Å²) in [6.07, 6.45) is 1.24. The van der Waals surface area contributed by atoms with Gasteiger partial charge in [0.05, 0.1) is 16.1 Å². The third-order valence-electron chi connectivity index (χ3n) is 4.18. The quantitative estimate of drug-likeness (QED) is 0.715. The molecule has 0 unspecified atom stereocenters. The number of benzene rings is 2. The minimum Gasteiger partial charge on any atom is -0.454 e. The first-order valence-corrected chi connectivity index (χ1v) is 9.76. The van der Waals surface area contributed by atoms with Crippen LogP contribution < -0.4 is 14.2 Å². The molecule has 4 rings (SSSR count). The molecule has 8 nitrogen and oxygen atoms in total. The first-order valence-electron chi connectivity index (χ1n) is 8.27. The van der Waals surface area contributed by atoms with Gasteiger partial charge < -0.3 is 14.0 Å². The lowest BCUT2D eigenvalue weighted by Gasteiger charge is -2.13. The van der Waals surface area contributed by atoms with E-state index in [1.807, 2.05) is 19.9 Å².